The lowest BCUT2D eigenvalue weighted by Gasteiger charge is -2.25. The predicted octanol–water partition coefficient (Wildman–Crippen LogP) is 3.28. The van der Waals surface area contributed by atoms with Crippen LogP contribution in [0.5, 0.6) is 5.75 Å². The first-order chi connectivity index (χ1) is 11.1. The largest absolute Gasteiger partial charge is 0.425 e. The summed E-state index contributed by atoms with van der Waals surface area (Å²) in [6.45, 7) is 2.01. The number of pyridine rings is 1. The van der Waals surface area contributed by atoms with Crippen molar-refractivity contribution >= 4 is 16.9 Å². The SMILES string of the molecule is Cc1ccc(C2CC(=O)Oc3c2c(=O)[nH]c2ccccc32)cc1. The number of carbonyl (C=O) groups is 1. The van der Waals surface area contributed by atoms with Gasteiger partial charge >= 0.3 is 5.97 Å². The highest BCUT2D eigenvalue weighted by Gasteiger charge is 2.32. The van der Waals surface area contributed by atoms with Crippen LogP contribution in [-0.4, -0.2) is 11.0 Å². The fourth-order valence-corrected chi connectivity index (χ4v) is 3.16. The number of hydrogen-bond acceptors (Lipinski definition) is 3. The van der Waals surface area contributed by atoms with Gasteiger partial charge in [0.1, 0.15) is 5.75 Å². The van der Waals surface area contributed by atoms with Gasteiger partial charge in [-0.05, 0) is 24.6 Å². The van der Waals surface area contributed by atoms with Crippen molar-refractivity contribution in [3.63, 3.8) is 0 Å². The average Bonchev–Trinajstić information content (AvgIpc) is 2.55. The number of carbonyl (C=O) groups excluding carboxylic acids is 1. The summed E-state index contributed by atoms with van der Waals surface area (Å²) in [7, 11) is 0. The first-order valence-electron chi connectivity index (χ1n) is 7.55. The molecule has 1 N–H and O–H groups in total. The van der Waals surface area contributed by atoms with Crippen LogP contribution in [0.25, 0.3) is 10.9 Å². The van der Waals surface area contributed by atoms with Crippen molar-refractivity contribution in [1.82, 2.24) is 4.98 Å². The Bertz CT molecular complexity index is 970. The normalized spacial score (nSPS) is 16.9. The van der Waals surface area contributed by atoms with Crippen LogP contribution < -0.4 is 10.3 Å². The maximum Gasteiger partial charge on any atom is 0.312 e. The zero-order valence-electron chi connectivity index (χ0n) is 12.6. The first-order valence-corrected chi connectivity index (χ1v) is 7.55. The molecule has 0 bridgehead atoms. The van der Waals surface area contributed by atoms with Crippen molar-refractivity contribution in [1.29, 1.82) is 0 Å². The summed E-state index contributed by atoms with van der Waals surface area (Å²) in [5, 5.41) is 0.757. The second kappa shape index (κ2) is 5.09. The molecule has 0 saturated heterocycles. The van der Waals surface area contributed by atoms with Crippen LogP contribution in [0.3, 0.4) is 0 Å². The minimum Gasteiger partial charge on any atom is -0.425 e. The summed E-state index contributed by atoms with van der Waals surface area (Å²) in [4.78, 5) is 27.6. The molecule has 4 nitrogen and oxygen atoms in total. The summed E-state index contributed by atoms with van der Waals surface area (Å²) >= 11 is 0. The lowest BCUT2D eigenvalue weighted by Crippen LogP contribution is -2.28. The molecule has 0 fully saturated rings. The van der Waals surface area contributed by atoms with E-state index in [1.54, 1.807) is 6.07 Å². The topological polar surface area (TPSA) is 59.2 Å². The van der Waals surface area contributed by atoms with Gasteiger partial charge in [-0.1, -0.05) is 42.0 Å². The number of para-hydroxylation sites is 1. The van der Waals surface area contributed by atoms with Crippen molar-refractivity contribution in [2.75, 3.05) is 0 Å². The fraction of sp³-hybridized carbons (Fsp3) is 0.158. The van der Waals surface area contributed by atoms with E-state index in [9.17, 15) is 9.59 Å². The number of aromatic amines is 1. The lowest BCUT2D eigenvalue weighted by atomic mass is 9.86. The van der Waals surface area contributed by atoms with Gasteiger partial charge in [0.15, 0.2) is 0 Å². The smallest absolute Gasteiger partial charge is 0.312 e. The van der Waals surface area contributed by atoms with Crippen LogP contribution in [0.4, 0.5) is 0 Å². The Morgan fingerprint density at radius 3 is 2.57 bits per heavy atom. The minimum atomic E-state index is -0.307. The predicted molar refractivity (Wildman–Crippen MR) is 87.8 cm³/mol. The molecule has 4 heteroatoms. The van der Waals surface area contributed by atoms with Crippen molar-refractivity contribution in [2.24, 2.45) is 0 Å². The van der Waals surface area contributed by atoms with Crippen LogP contribution in [0.2, 0.25) is 0 Å². The molecule has 1 atom stereocenters. The number of esters is 1. The van der Waals surface area contributed by atoms with E-state index < -0.39 is 0 Å². The van der Waals surface area contributed by atoms with E-state index in [1.165, 1.54) is 0 Å². The number of ether oxygens (including phenoxy) is 1. The van der Waals surface area contributed by atoms with Gasteiger partial charge in [-0.25, -0.2) is 0 Å². The standard InChI is InChI=1S/C19H15NO3/c1-11-6-8-12(9-7-11)14-10-16(21)23-18-13-4-2-3-5-15(13)20-19(22)17(14)18/h2-9,14H,10H2,1H3,(H,20,22). The number of hydrogen-bond donors (Lipinski definition) is 1. The van der Waals surface area contributed by atoms with E-state index in [0.29, 0.717) is 16.8 Å². The van der Waals surface area contributed by atoms with Crippen LogP contribution in [0.1, 0.15) is 29.0 Å². The number of aromatic nitrogens is 1. The number of rotatable bonds is 1. The molecule has 23 heavy (non-hydrogen) atoms. The number of fused-ring (bicyclic) bond motifs is 3. The van der Waals surface area contributed by atoms with Gasteiger partial charge in [-0.3, -0.25) is 9.59 Å². The summed E-state index contributed by atoms with van der Waals surface area (Å²) in [5.41, 5.74) is 3.10. The van der Waals surface area contributed by atoms with E-state index >= 15 is 0 Å². The molecule has 1 aliphatic rings. The van der Waals surface area contributed by atoms with Crippen LogP contribution in [-0.2, 0) is 4.79 Å². The van der Waals surface area contributed by atoms with Crippen LogP contribution in [0, 0.1) is 6.92 Å². The molecule has 2 aromatic carbocycles. The van der Waals surface area contributed by atoms with Gasteiger partial charge < -0.3 is 9.72 Å². The molecule has 1 unspecified atom stereocenters. The highest BCUT2D eigenvalue weighted by molar-refractivity contribution is 5.91. The molecular weight excluding hydrogens is 290 g/mol. The Morgan fingerprint density at radius 2 is 1.78 bits per heavy atom. The van der Waals surface area contributed by atoms with Gasteiger partial charge in [-0.2, -0.15) is 0 Å². The summed E-state index contributed by atoms with van der Waals surface area (Å²) < 4.78 is 5.44. The van der Waals surface area contributed by atoms with Gasteiger partial charge in [0.05, 0.1) is 17.5 Å². The van der Waals surface area contributed by atoms with Gasteiger partial charge in [0.2, 0.25) is 0 Å². The molecule has 2 heterocycles. The molecule has 3 aromatic rings. The molecule has 0 spiro atoms. The minimum absolute atomic E-state index is 0.178. The summed E-state index contributed by atoms with van der Waals surface area (Å²) in [6, 6.07) is 15.3. The van der Waals surface area contributed by atoms with Crippen molar-refractivity contribution in [3.8, 4) is 5.75 Å². The highest BCUT2D eigenvalue weighted by Crippen LogP contribution is 2.39. The lowest BCUT2D eigenvalue weighted by molar-refractivity contribution is -0.135. The van der Waals surface area contributed by atoms with E-state index in [4.69, 9.17) is 4.74 Å². The maximum atomic E-state index is 12.6. The monoisotopic (exact) mass is 305 g/mol. The molecule has 1 aliphatic heterocycles. The number of aryl methyl sites for hydroxylation is 1. The van der Waals surface area contributed by atoms with E-state index in [0.717, 1.165) is 16.5 Å². The third-order valence-corrected chi connectivity index (χ3v) is 4.32. The quantitative estimate of drug-likeness (QED) is 0.702. The van der Waals surface area contributed by atoms with E-state index in [1.807, 2.05) is 49.4 Å². The molecule has 1 aromatic heterocycles. The molecular formula is C19H15NO3. The first kappa shape index (κ1) is 13.8. The Balaban J connectivity index is 2.00. The number of H-pyrrole nitrogens is 1. The van der Waals surface area contributed by atoms with Crippen molar-refractivity contribution < 1.29 is 9.53 Å². The second-order valence-corrected chi connectivity index (χ2v) is 5.88. The van der Waals surface area contributed by atoms with Crippen molar-refractivity contribution in [2.45, 2.75) is 19.3 Å². The van der Waals surface area contributed by atoms with E-state index in [-0.39, 0.29) is 23.9 Å². The molecule has 114 valence electrons. The highest BCUT2D eigenvalue weighted by atomic mass is 16.5. The zero-order valence-corrected chi connectivity index (χ0v) is 12.6. The Kier molecular flexibility index (Phi) is 3.05. The average molecular weight is 305 g/mol. The van der Waals surface area contributed by atoms with Crippen molar-refractivity contribution in [3.05, 3.63) is 75.6 Å². The molecule has 0 aliphatic carbocycles. The van der Waals surface area contributed by atoms with E-state index in [2.05, 4.69) is 4.98 Å². The molecule has 4 rings (SSSR count). The maximum absolute atomic E-state index is 12.6. The van der Waals surface area contributed by atoms with Gasteiger partial charge in [0, 0.05) is 11.3 Å². The third kappa shape index (κ3) is 2.23. The van der Waals surface area contributed by atoms with Crippen LogP contribution in [0.15, 0.2) is 53.3 Å². The number of nitrogens with one attached hydrogen (secondary N) is 1. The molecule has 0 radical (unpaired) electrons. The fourth-order valence-electron chi connectivity index (χ4n) is 3.16. The Morgan fingerprint density at radius 1 is 1.04 bits per heavy atom. The Hall–Kier alpha value is -2.88. The number of benzene rings is 2. The molecule has 0 amide bonds. The van der Waals surface area contributed by atoms with Gasteiger partial charge in [0.25, 0.3) is 5.56 Å². The van der Waals surface area contributed by atoms with Crippen LogP contribution >= 0.6 is 0 Å². The summed E-state index contributed by atoms with van der Waals surface area (Å²) in [6.07, 6.45) is 0.178. The molecule has 0 saturated carbocycles. The Labute approximate surface area is 132 Å². The third-order valence-electron chi connectivity index (χ3n) is 4.32. The summed E-state index contributed by atoms with van der Waals surface area (Å²) in [5.74, 6) is -0.190. The van der Waals surface area contributed by atoms with Gasteiger partial charge in [-0.15, -0.1) is 0 Å². The second-order valence-electron chi connectivity index (χ2n) is 5.88. The zero-order chi connectivity index (χ0) is 16.0.